The van der Waals surface area contributed by atoms with Gasteiger partial charge in [0, 0.05) is 26.6 Å². The quantitative estimate of drug-likeness (QED) is 0.735. The zero-order chi connectivity index (χ0) is 21.9. The topological polar surface area (TPSA) is 104 Å². The lowest BCUT2D eigenvalue weighted by Gasteiger charge is -2.34. The van der Waals surface area contributed by atoms with Crippen LogP contribution in [-0.4, -0.2) is 80.5 Å². The monoisotopic (exact) mass is 420 g/mol. The number of hydrogen-bond acceptors (Lipinski definition) is 6. The molecule has 1 aromatic rings. The van der Waals surface area contributed by atoms with Crippen molar-refractivity contribution in [2.75, 3.05) is 26.7 Å². The van der Waals surface area contributed by atoms with E-state index >= 15 is 0 Å². The smallest absolute Gasteiger partial charge is 0.248 e. The van der Waals surface area contributed by atoms with Gasteiger partial charge in [0.15, 0.2) is 0 Å². The number of carbonyl (C=O) groups excluding carboxylic acids is 2. The molecule has 0 aliphatic carbocycles. The van der Waals surface area contributed by atoms with Gasteiger partial charge in [-0.1, -0.05) is 38.8 Å². The molecule has 2 fully saturated rings. The van der Waals surface area contributed by atoms with Crippen molar-refractivity contribution >= 4 is 11.8 Å². The van der Waals surface area contributed by atoms with Crippen LogP contribution in [0.4, 0.5) is 0 Å². The molecule has 168 valence electrons. The molecule has 2 aliphatic heterocycles. The third-order valence-corrected chi connectivity index (χ3v) is 6.07. The van der Waals surface area contributed by atoms with Crippen molar-refractivity contribution in [3.63, 3.8) is 0 Å². The second kappa shape index (κ2) is 9.43. The normalized spacial score (nSPS) is 24.5. The molecule has 0 bridgehead atoms. The number of carbonyl (C=O) groups is 2. The minimum absolute atomic E-state index is 0.152. The summed E-state index contributed by atoms with van der Waals surface area (Å²) in [5.41, 5.74) is 0.411. The van der Waals surface area contributed by atoms with Gasteiger partial charge >= 0.3 is 0 Å². The molecule has 0 spiro atoms. The molecule has 1 aromatic heterocycles. The van der Waals surface area contributed by atoms with E-state index in [-0.39, 0.29) is 24.8 Å². The van der Waals surface area contributed by atoms with E-state index in [0.29, 0.717) is 0 Å². The van der Waals surface area contributed by atoms with Crippen LogP contribution in [0.1, 0.15) is 64.6 Å². The Labute approximate surface area is 178 Å². The molecule has 3 rings (SSSR count). The third-order valence-electron chi connectivity index (χ3n) is 6.07. The first-order valence-corrected chi connectivity index (χ1v) is 11.0. The highest BCUT2D eigenvalue weighted by molar-refractivity contribution is 5.90. The van der Waals surface area contributed by atoms with Crippen molar-refractivity contribution in [1.82, 2.24) is 30.1 Å². The number of aliphatic hydroxyl groups excluding tert-OH is 1. The van der Waals surface area contributed by atoms with Gasteiger partial charge in [0.2, 0.25) is 11.8 Å². The zero-order valence-corrected chi connectivity index (χ0v) is 18.7. The predicted molar refractivity (Wildman–Crippen MR) is 112 cm³/mol. The molecule has 3 heterocycles. The Morgan fingerprint density at radius 3 is 2.50 bits per heavy atom. The Balaban J connectivity index is 1.80. The van der Waals surface area contributed by atoms with Crippen LogP contribution >= 0.6 is 0 Å². The summed E-state index contributed by atoms with van der Waals surface area (Å²) in [6, 6.07) is -1.28. The van der Waals surface area contributed by atoms with E-state index in [9.17, 15) is 14.7 Å². The summed E-state index contributed by atoms with van der Waals surface area (Å²) in [4.78, 5) is 29.7. The van der Waals surface area contributed by atoms with Gasteiger partial charge in [-0.2, -0.15) is 0 Å². The molecular formula is C21H36N6O3. The second-order valence-electron chi connectivity index (χ2n) is 9.66. The lowest BCUT2D eigenvalue weighted by molar-refractivity contribution is -0.144. The Morgan fingerprint density at radius 2 is 1.90 bits per heavy atom. The maximum Gasteiger partial charge on any atom is 0.248 e. The molecular weight excluding hydrogens is 384 g/mol. The van der Waals surface area contributed by atoms with Crippen LogP contribution in [0.25, 0.3) is 0 Å². The molecule has 2 N–H and O–H groups in total. The number of nitrogens with zero attached hydrogens (tertiary/aromatic N) is 5. The van der Waals surface area contributed by atoms with Crippen LogP contribution in [-0.2, 0) is 16.1 Å². The van der Waals surface area contributed by atoms with Gasteiger partial charge < -0.3 is 15.3 Å². The SMILES string of the molecule is CNC(=O)[C@@H]1C[C@@H](O)CN1C(=O)[C@@H](n1cc(CN2CCCCCC2)nn1)C(C)(C)C. The molecule has 9 heteroatoms. The van der Waals surface area contributed by atoms with Gasteiger partial charge in [0.25, 0.3) is 0 Å². The zero-order valence-electron chi connectivity index (χ0n) is 18.7. The Kier molecular flexibility index (Phi) is 7.13. The second-order valence-corrected chi connectivity index (χ2v) is 9.66. The van der Waals surface area contributed by atoms with Gasteiger partial charge in [0.05, 0.1) is 18.0 Å². The predicted octanol–water partition coefficient (Wildman–Crippen LogP) is 0.949. The lowest BCUT2D eigenvalue weighted by Crippen LogP contribution is -2.49. The molecule has 30 heavy (non-hydrogen) atoms. The van der Waals surface area contributed by atoms with Gasteiger partial charge in [-0.15, -0.1) is 5.10 Å². The molecule has 0 unspecified atom stereocenters. The van der Waals surface area contributed by atoms with E-state index in [4.69, 9.17) is 0 Å². The molecule has 9 nitrogen and oxygen atoms in total. The summed E-state index contributed by atoms with van der Waals surface area (Å²) in [5.74, 6) is -0.466. The number of nitrogens with one attached hydrogen (secondary N) is 1. The van der Waals surface area contributed by atoms with Crippen LogP contribution in [0.15, 0.2) is 6.20 Å². The largest absolute Gasteiger partial charge is 0.391 e. The summed E-state index contributed by atoms with van der Waals surface area (Å²) >= 11 is 0. The third kappa shape index (κ3) is 5.18. The first-order chi connectivity index (χ1) is 14.2. The Morgan fingerprint density at radius 1 is 1.23 bits per heavy atom. The average molecular weight is 421 g/mol. The number of aromatic nitrogens is 3. The highest BCUT2D eigenvalue weighted by Crippen LogP contribution is 2.34. The number of β-amino-alcohol motifs (C(OH)–C–C–N with tert-alkyl or cyclic N) is 1. The van der Waals surface area contributed by atoms with Crippen LogP contribution in [0.5, 0.6) is 0 Å². The van der Waals surface area contributed by atoms with Gasteiger partial charge in [-0.25, -0.2) is 4.68 Å². The molecule has 0 radical (unpaired) electrons. The molecule has 2 amide bonds. The van der Waals surface area contributed by atoms with Crippen LogP contribution in [0.2, 0.25) is 0 Å². The van der Waals surface area contributed by atoms with Crippen molar-refractivity contribution in [3.05, 3.63) is 11.9 Å². The van der Waals surface area contributed by atoms with Crippen molar-refractivity contribution in [3.8, 4) is 0 Å². The first-order valence-electron chi connectivity index (χ1n) is 11.0. The summed E-state index contributed by atoms with van der Waals surface area (Å²) in [6.07, 6.45) is 6.37. The highest BCUT2D eigenvalue weighted by atomic mass is 16.3. The summed E-state index contributed by atoms with van der Waals surface area (Å²) < 4.78 is 1.64. The van der Waals surface area contributed by atoms with E-state index in [0.717, 1.165) is 25.3 Å². The number of hydrogen-bond donors (Lipinski definition) is 2. The standard InChI is InChI=1S/C21H36N6O3/c1-21(2,3)18(20(30)26-14-16(28)11-17(26)19(29)22-4)27-13-15(23-24-27)12-25-9-7-5-6-8-10-25/h13,16-18,28H,5-12,14H2,1-4H3,(H,22,29)/t16-,17+,18-/m1/s1. The van der Waals surface area contributed by atoms with Gasteiger partial charge in [-0.3, -0.25) is 14.5 Å². The van der Waals surface area contributed by atoms with E-state index in [1.165, 1.54) is 30.6 Å². The minimum Gasteiger partial charge on any atom is -0.391 e. The fourth-order valence-corrected chi connectivity index (χ4v) is 4.55. The number of likely N-dealkylation sites (N-methyl/N-ethyl adjacent to an activating group) is 1. The van der Waals surface area contributed by atoms with Crippen molar-refractivity contribution in [1.29, 1.82) is 0 Å². The first kappa shape index (κ1) is 22.7. The number of aliphatic hydroxyl groups is 1. The maximum atomic E-state index is 13.5. The molecule has 2 aliphatic rings. The average Bonchev–Trinajstić information content (AvgIpc) is 3.19. The fraction of sp³-hybridized carbons (Fsp3) is 0.810. The van der Waals surface area contributed by atoms with Crippen molar-refractivity contribution in [2.45, 2.75) is 77.6 Å². The Bertz CT molecular complexity index is 735. The molecule has 0 saturated carbocycles. The van der Waals surface area contributed by atoms with Crippen molar-refractivity contribution in [2.24, 2.45) is 5.41 Å². The molecule has 3 atom stereocenters. The Hall–Kier alpha value is -2.00. The van der Waals surface area contributed by atoms with E-state index in [1.54, 1.807) is 11.7 Å². The van der Waals surface area contributed by atoms with E-state index < -0.39 is 23.6 Å². The van der Waals surface area contributed by atoms with Crippen molar-refractivity contribution < 1.29 is 14.7 Å². The summed E-state index contributed by atoms with van der Waals surface area (Å²) in [6.45, 7) is 8.95. The molecule has 2 saturated heterocycles. The fourth-order valence-electron chi connectivity index (χ4n) is 4.55. The van der Waals surface area contributed by atoms with Crippen LogP contribution in [0, 0.1) is 5.41 Å². The minimum atomic E-state index is -0.703. The van der Waals surface area contributed by atoms with Crippen LogP contribution < -0.4 is 5.32 Å². The maximum absolute atomic E-state index is 13.5. The number of amides is 2. The van der Waals surface area contributed by atoms with Gasteiger partial charge in [0.1, 0.15) is 12.1 Å². The lowest BCUT2D eigenvalue weighted by atomic mass is 9.85. The van der Waals surface area contributed by atoms with Gasteiger partial charge in [-0.05, 0) is 31.3 Å². The molecule has 0 aromatic carbocycles. The summed E-state index contributed by atoms with van der Waals surface area (Å²) in [5, 5.41) is 21.4. The number of rotatable bonds is 5. The van der Waals surface area contributed by atoms with E-state index in [1.807, 2.05) is 27.0 Å². The van der Waals surface area contributed by atoms with Crippen LogP contribution in [0.3, 0.4) is 0 Å². The van der Waals surface area contributed by atoms with E-state index in [2.05, 4.69) is 20.5 Å². The number of likely N-dealkylation sites (tertiary alicyclic amines) is 2. The highest BCUT2D eigenvalue weighted by Gasteiger charge is 2.45. The summed E-state index contributed by atoms with van der Waals surface area (Å²) in [7, 11) is 1.55.